The van der Waals surface area contributed by atoms with Gasteiger partial charge in [-0.15, -0.1) is 11.3 Å². The number of nitrogens with one attached hydrogen (secondary N) is 1. The summed E-state index contributed by atoms with van der Waals surface area (Å²) in [5, 5.41) is 5.07. The Morgan fingerprint density at radius 2 is 2.10 bits per heavy atom. The average molecular weight is 311 g/mol. The summed E-state index contributed by atoms with van der Waals surface area (Å²) in [7, 11) is 1.64. The van der Waals surface area contributed by atoms with Crippen LogP contribution >= 0.6 is 22.9 Å². The van der Waals surface area contributed by atoms with Crippen molar-refractivity contribution in [2.45, 2.75) is 32.9 Å². The predicted molar refractivity (Wildman–Crippen MR) is 85.7 cm³/mol. The maximum atomic E-state index is 5.98. The van der Waals surface area contributed by atoms with Gasteiger partial charge in [0.1, 0.15) is 10.8 Å². The molecule has 0 bridgehead atoms. The molecule has 0 saturated heterocycles. The van der Waals surface area contributed by atoms with Crippen LogP contribution in [-0.2, 0) is 6.54 Å². The summed E-state index contributed by atoms with van der Waals surface area (Å²) in [5.74, 6) is 0.752. The SMILES string of the molecule is COc1cc(Cl)ccc1-c1ncc(CNC(C)(C)C)s1. The Balaban J connectivity index is 2.20. The number of nitrogens with zero attached hydrogens (tertiary/aromatic N) is 1. The summed E-state index contributed by atoms with van der Waals surface area (Å²) in [5.41, 5.74) is 1.08. The highest BCUT2D eigenvalue weighted by Gasteiger charge is 2.13. The maximum Gasteiger partial charge on any atom is 0.130 e. The van der Waals surface area contributed by atoms with Gasteiger partial charge in [0.25, 0.3) is 0 Å². The lowest BCUT2D eigenvalue weighted by Gasteiger charge is -2.19. The van der Waals surface area contributed by atoms with Gasteiger partial charge in [0, 0.05) is 28.2 Å². The topological polar surface area (TPSA) is 34.1 Å². The lowest BCUT2D eigenvalue weighted by molar-refractivity contribution is 0.416. The number of rotatable bonds is 4. The van der Waals surface area contributed by atoms with Crippen molar-refractivity contribution in [3.05, 3.63) is 34.3 Å². The molecule has 0 aliphatic carbocycles. The summed E-state index contributed by atoms with van der Waals surface area (Å²) < 4.78 is 5.37. The fraction of sp³-hybridized carbons (Fsp3) is 0.400. The number of ether oxygens (including phenoxy) is 1. The first-order chi connectivity index (χ1) is 9.39. The fourth-order valence-electron chi connectivity index (χ4n) is 1.71. The van der Waals surface area contributed by atoms with Gasteiger partial charge in [-0.1, -0.05) is 11.6 Å². The minimum atomic E-state index is 0.0993. The van der Waals surface area contributed by atoms with Crippen molar-refractivity contribution >= 4 is 22.9 Å². The van der Waals surface area contributed by atoms with Crippen LogP contribution in [0.3, 0.4) is 0 Å². The van der Waals surface area contributed by atoms with E-state index in [-0.39, 0.29) is 5.54 Å². The Morgan fingerprint density at radius 1 is 1.35 bits per heavy atom. The standard InChI is InChI=1S/C15H19ClN2OS/c1-15(2,3)18-9-11-8-17-14(20-11)12-6-5-10(16)7-13(12)19-4/h5-8,18H,9H2,1-4H3. The zero-order valence-electron chi connectivity index (χ0n) is 12.2. The number of benzene rings is 1. The van der Waals surface area contributed by atoms with Gasteiger partial charge >= 0.3 is 0 Å². The molecule has 0 fully saturated rings. The third-order valence-electron chi connectivity index (χ3n) is 2.74. The lowest BCUT2D eigenvalue weighted by atomic mass is 10.1. The number of methoxy groups -OCH3 is 1. The van der Waals surface area contributed by atoms with Crippen molar-refractivity contribution in [1.82, 2.24) is 10.3 Å². The number of aromatic nitrogens is 1. The quantitative estimate of drug-likeness (QED) is 0.911. The highest BCUT2D eigenvalue weighted by atomic mass is 35.5. The third kappa shape index (κ3) is 3.95. The average Bonchev–Trinajstić information content (AvgIpc) is 2.84. The van der Waals surface area contributed by atoms with E-state index >= 15 is 0 Å². The van der Waals surface area contributed by atoms with E-state index in [0.29, 0.717) is 5.02 Å². The molecule has 0 aliphatic rings. The molecule has 5 heteroatoms. The molecule has 0 saturated carbocycles. The van der Waals surface area contributed by atoms with Crippen LogP contribution in [0.4, 0.5) is 0 Å². The van der Waals surface area contributed by atoms with Crippen LogP contribution in [0, 0.1) is 0 Å². The predicted octanol–water partition coefficient (Wildman–Crippen LogP) is 4.36. The van der Waals surface area contributed by atoms with E-state index in [1.165, 1.54) is 4.88 Å². The minimum absolute atomic E-state index is 0.0993. The molecule has 2 aromatic rings. The van der Waals surface area contributed by atoms with Gasteiger partial charge in [0.2, 0.25) is 0 Å². The molecular weight excluding hydrogens is 292 g/mol. The Morgan fingerprint density at radius 3 is 2.75 bits per heavy atom. The van der Waals surface area contributed by atoms with Crippen molar-refractivity contribution in [3.8, 4) is 16.3 Å². The molecule has 2 rings (SSSR count). The van der Waals surface area contributed by atoms with Crippen LogP contribution in [-0.4, -0.2) is 17.6 Å². The van der Waals surface area contributed by atoms with E-state index in [4.69, 9.17) is 16.3 Å². The summed E-state index contributed by atoms with van der Waals surface area (Å²) in [6.45, 7) is 7.27. The molecule has 0 atom stereocenters. The summed E-state index contributed by atoms with van der Waals surface area (Å²) >= 11 is 7.65. The first-order valence-electron chi connectivity index (χ1n) is 6.43. The van der Waals surface area contributed by atoms with Crippen molar-refractivity contribution in [2.24, 2.45) is 0 Å². The molecule has 0 radical (unpaired) electrons. The Labute approximate surface area is 129 Å². The Hall–Kier alpha value is -1.10. The van der Waals surface area contributed by atoms with Gasteiger partial charge in [0.15, 0.2) is 0 Å². The molecule has 0 amide bonds. The smallest absolute Gasteiger partial charge is 0.130 e. The number of thiazole rings is 1. The Kier molecular flexibility index (Phi) is 4.68. The molecule has 0 aliphatic heterocycles. The van der Waals surface area contributed by atoms with Crippen molar-refractivity contribution in [1.29, 1.82) is 0 Å². The first kappa shape index (κ1) is 15.3. The van der Waals surface area contributed by atoms with Crippen molar-refractivity contribution in [3.63, 3.8) is 0 Å². The molecule has 0 unspecified atom stereocenters. The molecule has 1 heterocycles. The van der Waals surface area contributed by atoms with Crippen LogP contribution in [0.25, 0.3) is 10.6 Å². The van der Waals surface area contributed by atoms with Gasteiger partial charge in [-0.05, 0) is 39.0 Å². The van der Waals surface area contributed by atoms with Crippen LogP contribution < -0.4 is 10.1 Å². The van der Waals surface area contributed by atoms with Crippen LogP contribution in [0.15, 0.2) is 24.4 Å². The zero-order chi connectivity index (χ0) is 14.8. The molecule has 0 spiro atoms. The highest BCUT2D eigenvalue weighted by molar-refractivity contribution is 7.15. The number of halogens is 1. The summed E-state index contributed by atoms with van der Waals surface area (Å²) in [4.78, 5) is 5.68. The van der Waals surface area contributed by atoms with Gasteiger partial charge in [-0.2, -0.15) is 0 Å². The van der Waals surface area contributed by atoms with E-state index in [2.05, 4.69) is 31.1 Å². The molecule has 20 heavy (non-hydrogen) atoms. The zero-order valence-corrected chi connectivity index (χ0v) is 13.7. The normalized spacial score (nSPS) is 11.7. The summed E-state index contributed by atoms with van der Waals surface area (Å²) in [6.07, 6.45) is 1.91. The van der Waals surface area contributed by atoms with Gasteiger partial charge < -0.3 is 10.1 Å². The molecule has 1 aromatic carbocycles. The van der Waals surface area contributed by atoms with Gasteiger partial charge in [0.05, 0.1) is 12.7 Å². The summed E-state index contributed by atoms with van der Waals surface area (Å²) in [6, 6.07) is 5.61. The minimum Gasteiger partial charge on any atom is -0.496 e. The molecule has 1 aromatic heterocycles. The van der Waals surface area contributed by atoms with Crippen LogP contribution in [0.5, 0.6) is 5.75 Å². The number of hydrogen-bond acceptors (Lipinski definition) is 4. The largest absolute Gasteiger partial charge is 0.496 e. The fourth-order valence-corrected chi connectivity index (χ4v) is 2.75. The molecule has 1 N–H and O–H groups in total. The second-order valence-electron chi connectivity index (χ2n) is 5.58. The van der Waals surface area contributed by atoms with Crippen molar-refractivity contribution < 1.29 is 4.74 Å². The highest BCUT2D eigenvalue weighted by Crippen LogP contribution is 2.34. The van der Waals surface area contributed by atoms with E-state index in [1.807, 2.05) is 24.4 Å². The van der Waals surface area contributed by atoms with Crippen LogP contribution in [0.1, 0.15) is 25.6 Å². The third-order valence-corrected chi connectivity index (χ3v) is 4.01. The van der Waals surface area contributed by atoms with E-state index < -0.39 is 0 Å². The van der Waals surface area contributed by atoms with Gasteiger partial charge in [-0.25, -0.2) is 4.98 Å². The molecule has 3 nitrogen and oxygen atoms in total. The molecular formula is C15H19ClN2OS. The van der Waals surface area contributed by atoms with E-state index in [9.17, 15) is 0 Å². The van der Waals surface area contributed by atoms with Gasteiger partial charge in [-0.3, -0.25) is 0 Å². The monoisotopic (exact) mass is 310 g/mol. The Bertz CT molecular complexity index is 590. The van der Waals surface area contributed by atoms with Crippen LogP contribution in [0.2, 0.25) is 5.02 Å². The lowest BCUT2D eigenvalue weighted by Crippen LogP contribution is -2.34. The van der Waals surface area contributed by atoms with E-state index in [0.717, 1.165) is 22.9 Å². The second kappa shape index (κ2) is 6.12. The molecule has 108 valence electrons. The maximum absolute atomic E-state index is 5.98. The van der Waals surface area contributed by atoms with Crippen molar-refractivity contribution in [2.75, 3.05) is 7.11 Å². The first-order valence-corrected chi connectivity index (χ1v) is 7.62. The van der Waals surface area contributed by atoms with E-state index in [1.54, 1.807) is 18.4 Å². The number of hydrogen-bond donors (Lipinski definition) is 1. The second-order valence-corrected chi connectivity index (χ2v) is 7.13.